The van der Waals surface area contributed by atoms with Gasteiger partial charge in [0.15, 0.2) is 5.16 Å². The van der Waals surface area contributed by atoms with E-state index in [1.54, 1.807) is 4.57 Å². The van der Waals surface area contributed by atoms with Gasteiger partial charge in [0.1, 0.15) is 4.83 Å². The molecule has 0 bridgehead atoms. The van der Waals surface area contributed by atoms with Crippen molar-refractivity contribution in [3.8, 4) is 11.1 Å². The number of aromatic nitrogens is 2. The minimum absolute atomic E-state index is 0.0859. The Hall–Kier alpha value is -2.94. The quantitative estimate of drug-likeness (QED) is 0.289. The maximum atomic E-state index is 13.8. The first-order chi connectivity index (χ1) is 16.7. The fraction of sp³-hybridized carbons (Fsp3) is 0.269. The van der Waals surface area contributed by atoms with Crippen LogP contribution in [0.3, 0.4) is 0 Å². The molecule has 2 aromatic heterocycles. The van der Waals surface area contributed by atoms with Crippen LogP contribution in [-0.2, 0) is 16.1 Å². The fourth-order valence-corrected chi connectivity index (χ4v) is 5.88. The summed E-state index contributed by atoms with van der Waals surface area (Å²) in [5.41, 5.74) is 2.81. The summed E-state index contributed by atoms with van der Waals surface area (Å²) < 4.78 is 7.27. The van der Waals surface area contributed by atoms with E-state index in [9.17, 15) is 9.59 Å². The number of benzene rings is 2. The molecule has 1 fully saturated rings. The summed E-state index contributed by atoms with van der Waals surface area (Å²) in [4.78, 5) is 31.8. The molecule has 8 heteroatoms. The van der Waals surface area contributed by atoms with Gasteiger partial charge in [0, 0.05) is 24.1 Å². The number of hydrogen-bond donors (Lipinski definition) is 1. The van der Waals surface area contributed by atoms with Crippen LogP contribution >= 0.6 is 23.1 Å². The largest absolute Gasteiger partial charge is 0.376 e. The fourth-order valence-electron chi connectivity index (χ4n) is 4.07. The molecule has 1 aliphatic rings. The molecular weight excluding hydrogens is 466 g/mol. The molecular formula is C26H25N3O3S2. The van der Waals surface area contributed by atoms with Crippen molar-refractivity contribution in [2.24, 2.45) is 0 Å². The van der Waals surface area contributed by atoms with Crippen molar-refractivity contribution >= 4 is 39.2 Å². The van der Waals surface area contributed by atoms with Gasteiger partial charge in [0.25, 0.3) is 5.56 Å². The van der Waals surface area contributed by atoms with Crippen molar-refractivity contribution in [1.82, 2.24) is 14.9 Å². The molecule has 1 atom stereocenters. The second-order valence-corrected chi connectivity index (χ2v) is 10.00. The average molecular weight is 492 g/mol. The van der Waals surface area contributed by atoms with Crippen molar-refractivity contribution in [2.75, 3.05) is 18.9 Å². The highest BCUT2D eigenvalue weighted by molar-refractivity contribution is 7.99. The lowest BCUT2D eigenvalue weighted by atomic mass is 10.1. The second-order valence-electron chi connectivity index (χ2n) is 8.19. The summed E-state index contributed by atoms with van der Waals surface area (Å²) in [7, 11) is 0. The Kier molecular flexibility index (Phi) is 7.08. The SMILES string of the molecule is O=C(CSc1nc2scc(-c3ccccc3)c2c(=O)n1Cc1ccccc1)NC[C@@H]1CCCO1. The number of ether oxygens (including phenoxy) is 1. The molecule has 1 N–H and O–H groups in total. The van der Waals surface area contributed by atoms with Crippen molar-refractivity contribution in [3.63, 3.8) is 0 Å². The Morgan fingerprint density at radius 1 is 1.15 bits per heavy atom. The van der Waals surface area contributed by atoms with E-state index >= 15 is 0 Å². The van der Waals surface area contributed by atoms with E-state index in [0.29, 0.717) is 28.5 Å². The Balaban J connectivity index is 1.45. The summed E-state index contributed by atoms with van der Waals surface area (Å²) in [5.74, 6) is 0.105. The Labute approximate surface area is 206 Å². The van der Waals surface area contributed by atoms with E-state index in [4.69, 9.17) is 9.72 Å². The van der Waals surface area contributed by atoms with Crippen LogP contribution in [0.1, 0.15) is 18.4 Å². The lowest BCUT2D eigenvalue weighted by Crippen LogP contribution is -2.33. The molecule has 6 nitrogen and oxygen atoms in total. The summed E-state index contributed by atoms with van der Waals surface area (Å²) >= 11 is 2.76. The molecule has 34 heavy (non-hydrogen) atoms. The number of fused-ring (bicyclic) bond motifs is 1. The zero-order valence-electron chi connectivity index (χ0n) is 18.6. The Morgan fingerprint density at radius 3 is 2.65 bits per heavy atom. The number of amides is 1. The highest BCUT2D eigenvalue weighted by atomic mass is 32.2. The monoisotopic (exact) mass is 491 g/mol. The van der Waals surface area contributed by atoms with E-state index in [2.05, 4.69) is 5.32 Å². The summed E-state index contributed by atoms with van der Waals surface area (Å²) in [6, 6.07) is 19.7. The maximum Gasteiger partial charge on any atom is 0.263 e. The predicted octanol–water partition coefficient (Wildman–Crippen LogP) is 4.56. The zero-order chi connectivity index (χ0) is 23.3. The smallest absolute Gasteiger partial charge is 0.263 e. The van der Waals surface area contributed by atoms with Crippen LogP contribution in [0.25, 0.3) is 21.3 Å². The lowest BCUT2D eigenvalue weighted by molar-refractivity contribution is -0.119. The van der Waals surface area contributed by atoms with Gasteiger partial charge in [-0.25, -0.2) is 4.98 Å². The molecule has 0 saturated carbocycles. The molecule has 2 aromatic carbocycles. The third kappa shape index (κ3) is 5.09. The first-order valence-corrected chi connectivity index (χ1v) is 13.2. The molecule has 4 aromatic rings. The van der Waals surface area contributed by atoms with E-state index < -0.39 is 0 Å². The number of thioether (sulfide) groups is 1. The average Bonchev–Trinajstić information content (AvgIpc) is 3.55. The third-order valence-electron chi connectivity index (χ3n) is 5.81. The molecule has 0 radical (unpaired) electrons. The number of hydrogen-bond acceptors (Lipinski definition) is 6. The number of carbonyl (C=O) groups excluding carboxylic acids is 1. The number of carbonyl (C=O) groups is 1. The molecule has 1 aliphatic heterocycles. The molecule has 5 rings (SSSR count). The minimum atomic E-state index is -0.0868. The van der Waals surface area contributed by atoms with Crippen molar-refractivity contribution < 1.29 is 9.53 Å². The van der Waals surface area contributed by atoms with Crippen LogP contribution in [0.2, 0.25) is 0 Å². The van der Waals surface area contributed by atoms with Crippen LogP contribution in [-0.4, -0.2) is 40.5 Å². The molecule has 0 aliphatic carbocycles. The second kappa shape index (κ2) is 10.5. The Morgan fingerprint density at radius 2 is 1.91 bits per heavy atom. The van der Waals surface area contributed by atoms with Gasteiger partial charge in [-0.15, -0.1) is 11.3 Å². The van der Waals surface area contributed by atoms with Crippen molar-refractivity contribution in [1.29, 1.82) is 0 Å². The van der Waals surface area contributed by atoms with Crippen molar-refractivity contribution in [3.05, 3.63) is 82.0 Å². The maximum absolute atomic E-state index is 13.8. The van der Waals surface area contributed by atoms with Gasteiger partial charge in [-0.3, -0.25) is 14.2 Å². The molecule has 174 valence electrons. The molecule has 1 amide bonds. The number of nitrogens with zero attached hydrogens (tertiary/aromatic N) is 2. The highest BCUT2D eigenvalue weighted by Gasteiger charge is 2.20. The third-order valence-corrected chi connectivity index (χ3v) is 7.66. The van der Waals surface area contributed by atoms with Gasteiger partial charge in [0.2, 0.25) is 5.91 Å². The van der Waals surface area contributed by atoms with Crippen LogP contribution in [0.4, 0.5) is 0 Å². The number of rotatable bonds is 8. The number of nitrogens with one attached hydrogen (secondary N) is 1. The Bertz CT molecular complexity index is 1330. The van der Waals surface area contributed by atoms with Gasteiger partial charge in [-0.1, -0.05) is 72.4 Å². The van der Waals surface area contributed by atoms with Gasteiger partial charge in [-0.05, 0) is 24.0 Å². The lowest BCUT2D eigenvalue weighted by Gasteiger charge is -2.14. The predicted molar refractivity (Wildman–Crippen MR) is 138 cm³/mol. The minimum Gasteiger partial charge on any atom is -0.376 e. The van der Waals surface area contributed by atoms with Gasteiger partial charge in [0.05, 0.1) is 23.8 Å². The van der Waals surface area contributed by atoms with Crippen LogP contribution in [0, 0.1) is 0 Å². The van der Waals surface area contributed by atoms with E-state index in [-0.39, 0.29) is 23.3 Å². The molecule has 1 saturated heterocycles. The summed E-state index contributed by atoms with van der Waals surface area (Å²) in [6.45, 7) is 1.68. The first kappa shape index (κ1) is 22.8. The molecule has 0 unspecified atom stereocenters. The van der Waals surface area contributed by atoms with E-state index in [1.807, 2.05) is 66.0 Å². The van der Waals surface area contributed by atoms with E-state index in [1.165, 1.54) is 23.1 Å². The van der Waals surface area contributed by atoms with Crippen LogP contribution in [0.15, 0.2) is 76.0 Å². The highest BCUT2D eigenvalue weighted by Crippen LogP contribution is 2.32. The first-order valence-electron chi connectivity index (χ1n) is 11.3. The van der Waals surface area contributed by atoms with Crippen LogP contribution in [0.5, 0.6) is 0 Å². The topological polar surface area (TPSA) is 73.2 Å². The van der Waals surface area contributed by atoms with Crippen molar-refractivity contribution in [2.45, 2.75) is 30.6 Å². The number of thiophene rings is 1. The molecule has 0 spiro atoms. The zero-order valence-corrected chi connectivity index (χ0v) is 20.2. The van der Waals surface area contributed by atoms with Gasteiger partial charge < -0.3 is 10.1 Å². The molecule has 3 heterocycles. The van der Waals surface area contributed by atoms with Gasteiger partial charge >= 0.3 is 0 Å². The standard InChI is InChI=1S/C26H25N3O3S2/c30-22(27-14-20-12-7-13-32-20)17-34-26-28-24-23(21(16-33-24)19-10-5-2-6-11-19)25(31)29(26)15-18-8-3-1-4-9-18/h1-6,8-11,16,20H,7,12-15,17H2,(H,27,30)/t20-/m0/s1. The normalized spacial score (nSPS) is 15.6. The summed E-state index contributed by atoms with van der Waals surface area (Å²) in [6.07, 6.45) is 2.11. The van der Waals surface area contributed by atoms with Crippen LogP contribution < -0.4 is 10.9 Å². The van der Waals surface area contributed by atoms with E-state index in [0.717, 1.165) is 36.1 Å². The van der Waals surface area contributed by atoms with Gasteiger partial charge in [-0.2, -0.15) is 0 Å². The summed E-state index contributed by atoms with van der Waals surface area (Å²) in [5, 5.41) is 6.11.